The smallest absolute Gasteiger partial charge is 0.262 e. The van der Waals surface area contributed by atoms with Crippen molar-refractivity contribution in [1.82, 2.24) is 15.2 Å². The van der Waals surface area contributed by atoms with Crippen molar-refractivity contribution in [1.29, 1.82) is 0 Å². The van der Waals surface area contributed by atoms with Gasteiger partial charge in [-0.2, -0.15) is 0 Å². The normalized spacial score (nSPS) is 17.5. The van der Waals surface area contributed by atoms with Gasteiger partial charge < -0.3 is 0 Å². The number of rotatable bonds is 1. The molecule has 0 amide bonds. The molecule has 0 fully saturated rings. The summed E-state index contributed by atoms with van der Waals surface area (Å²) in [6.07, 6.45) is 0. The van der Waals surface area contributed by atoms with Crippen LogP contribution in [0.25, 0.3) is 0 Å². The Morgan fingerprint density at radius 2 is 1.65 bits per heavy atom. The van der Waals surface area contributed by atoms with Gasteiger partial charge in [0.05, 0.1) is 4.90 Å². The van der Waals surface area contributed by atoms with Crippen LogP contribution in [0.2, 0.25) is 0 Å². The van der Waals surface area contributed by atoms with Crippen LogP contribution in [0.4, 0.5) is 0 Å². The standard InChI is InChI=1S/C10H14N4O2S/c1-12-10(11-13(2)14(12)3)17(15,16)9-7-5-4-6-8-9/h4-8H,1-3H3. The van der Waals surface area contributed by atoms with Crippen LogP contribution in [0.5, 0.6) is 0 Å². The summed E-state index contributed by atoms with van der Waals surface area (Å²) in [6.45, 7) is 0. The summed E-state index contributed by atoms with van der Waals surface area (Å²) in [4.78, 5) is 0.245. The summed E-state index contributed by atoms with van der Waals surface area (Å²) in [5, 5.41) is 8.60. The predicted octanol–water partition coefficient (Wildman–Crippen LogP) is 0.370. The second kappa shape index (κ2) is 4.01. The molecule has 0 spiro atoms. The maximum absolute atomic E-state index is 12.3. The fraction of sp³-hybridized carbons (Fsp3) is 0.300. The number of hydrazone groups is 1. The zero-order valence-electron chi connectivity index (χ0n) is 9.90. The van der Waals surface area contributed by atoms with Crippen molar-refractivity contribution < 1.29 is 8.42 Å². The van der Waals surface area contributed by atoms with Gasteiger partial charge in [-0.3, -0.25) is 5.01 Å². The fourth-order valence-corrected chi connectivity index (χ4v) is 2.92. The third kappa shape index (κ3) is 1.87. The molecule has 0 aromatic heterocycles. The molecule has 6 nitrogen and oxygen atoms in total. The minimum atomic E-state index is -3.56. The van der Waals surface area contributed by atoms with Crippen molar-refractivity contribution >= 4 is 15.0 Å². The van der Waals surface area contributed by atoms with Crippen LogP contribution < -0.4 is 0 Å². The van der Waals surface area contributed by atoms with Crippen molar-refractivity contribution in [3.63, 3.8) is 0 Å². The molecule has 0 unspecified atom stereocenters. The summed E-state index contributed by atoms with van der Waals surface area (Å²) < 4.78 is 24.6. The van der Waals surface area contributed by atoms with E-state index in [1.165, 1.54) is 10.1 Å². The molecule has 1 aromatic rings. The molecule has 0 saturated heterocycles. The van der Waals surface area contributed by atoms with E-state index in [0.717, 1.165) is 0 Å². The van der Waals surface area contributed by atoms with Gasteiger partial charge in [-0.15, -0.1) is 10.2 Å². The van der Waals surface area contributed by atoms with Crippen molar-refractivity contribution in [2.45, 2.75) is 4.90 Å². The van der Waals surface area contributed by atoms with Gasteiger partial charge in [0.1, 0.15) is 0 Å². The zero-order valence-corrected chi connectivity index (χ0v) is 10.7. The molecule has 0 aliphatic carbocycles. The number of hydrazine groups is 2. The molecule has 0 bridgehead atoms. The third-order valence-corrected chi connectivity index (χ3v) is 4.37. The van der Waals surface area contributed by atoms with Crippen LogP contribution in [0.1, 0.15) is 0 Å². The molecule has 17 heavy (non-hydrogen) atoms. The van der Waals surface area contributed by atoms with Crippen LogP contribution >= 0.6 is 0 Å². The number of nitrogens with zero attached hydrogens (tertiary/aromatic N) is 4. The topological polar surface area (TPSA) is 56.2 Å². The van der Waals surface area contributed by atoms with Gasteiger partial charge in [-0.25, -0.2) is 13.5 Å². The fourth-order valence-electron chi connectivity index (χ4n) is 1.50. The number of benzene rings is 1. The Kier molecular flexibility index (Phi) is 2.80. The van der Waals surface area contributed by atoms with E-state index in [-0.39, 0.29) is 10.1 Å². The first-order valence-electron chi connectivity index (χ1n) is 5.04. The number of sulfone groups is 1. The minimum absolute atomic E-state index is 0.0219. The summed E-state index contributed by atoms with van der Waals surface area (Å²) in [7, 11) is 1.51. The summed E-state index contributed by atoms with van der Waals surface area (Å²) in [5.41, 5.74) is 0. The zero-order chi connectivity index (χ0) is 12.6. The van der Waals surface area contributed by atoms with E-state index in [9.17, 15) is 8.42 Å². The molecule has 92 valence electrons. The SMILES string of the molecule is CN1N=C(S(=O)(=O)c2ccccc2)N(C)N1C. The number of hydrogen-bond acceptors (Lipinski definition) is 6. The van der Waals surface area contributed by atoms with Gasteiger partial charge in [-0.1, -0.05) is 18.2 Å². The predicted molar refractivity (Wildman–Crippen MR) is 64.4 cm³/mol. The van der Waals surface area contributed by atoms with Gasteiger partial charge in [0.25, 0.3) is 5.17 Å². The highest BCUT2D eigenvalue weighted by molar-refractivity contribution is 8.06. The second-order valence-electron chi connectivity index (χ2n) is 3.70. The van der Waals surface area contributed by atoms with E-state index >= 15 is 0 Å². The average Bonchev–Trinajstić information content (AvgIpc) is 2.59. The average molecular weight is 254 g/mol. The first-order chi connectivity index (χ1) is 7.94. The third-order valence-electron chi connectivity index (χ3n) is 2.65. The van der Waals surface area contributed by atoms with E-state index in [2.05, 4.69) is 5.10 Å². The molecule has 0 saturated carbocycles. The monoisotopic (exact) mass is 254 g/mol. The lowest BCUT2D eigenvalue weighted by atomic mass is 10.4. The Bertz CT molecular complexity index is 541. The lowest BCUT2D eigenvalue weighted by molar-refractivity contribution is -0.0668. The Labute approximate surface area is 101 Å². The molecule has 0 radical (unpaired) electrons. The van der Waals surface area contributed by atoms with Gasteiger partial charge in [-0.05, 0) is 12.1 Å². The van der Waals surface area contributed by atoms with Crippen molar-refractivity contribution in [3.05, 3.63) is 30.3 Å². The lowest BCUT2D eigenvalue weighted by Gasteiger charge is -2.25. The first kappa shape index (κ1) is 11.9. The van der Waals surface area contributed by atoms with Crippen molar-refractivity contribution in [2.24, 2.45) is 5.10 Å². The highest BCUT2D eigenvalue weighted by Crippen LogP contribution is 2.19. The maximum Gasteiger partial charge on any atom is 0.263 e. The second-order valence-corrected chi connectivity index (χ2v) is 5.54. The van der Waals surface area contributed by atoms with Crippen molar-refractivity contribution in [2.75, 3.05) is 21.1 Å². The minimum Gasteiger partial charge on any atom is -0.262 e. The van der Waals surface area contributed by atoms with Gasteiger partial charge >= 0.3 is 0 Å². The maximum atomic E-state index is 12.3. The highest BCUT2D eigenvalue weighted by Gasteiger charge is 2.34. The quantitative estimate of drug-likeness (QED) is 0.725. The van der Waals surface area contributed by atoms with Gasteiger partial charge in [0.15, 0.2) is 0 Å². The molecular formula is C10H14N4O2S. The van der Waals surface area contributed by atoms with Gasteiger partial charge in [0.2, 0.25) is 9.84 Å². The Balaban J connectivity index is 2.46. The molecule has 1 aromatic carbocycles. The lowest BCUT2D eigenvalue weighted by Crippen LogP contribution is -2.42. The highest BCUT2D eigenvalue weighted by atomic mass is 32.2. The molecular weight excluding hydrogens is 240 g/mol. The molecule has 0 atom stereocenters. The molecule has 1 aliphatic heterocycles. The summed E-state index contributed by atoms with van der Waals surface area (Å²) in [6, 6.07) is 8.27. The molecule has 1 heterocycles. The van der Waals surface area contributed by atoms with E-state index in [1.807, 2.05) is 0 Å². The van der Waals surface area contributed by atoms with Crippen LogP contribution in [0.15, 0.2) is 40.3 Å². The Morgan fingerprint density at radius 1 is 1.06 bits per heavy atom. The van der Waals surface area contributed by atoms with Crippen LogP contribution in [-0.2, 0) is 9.84 Å². The van der Waals surface area contributed by atoms with E-state index in [1.54, 1.807) is 56.6 Å². The number of hydrogen-bond donors (Lipinski definition) is 0. The molecule has 2 rings (SSSR count). The molecule has 7 heteroatoms. The van der Waals surface area contributed by atoms with E-state index in [0.29, 0.717) is 0 Å². The Hall–Kier alpha value is -1.60. The number of amidine groups is 1. The summed E-state index contributed by atoms with van der Waals surface area (Å²) >= 11 is 0. The van der Waals surface area contributed by atoms with E-state index in [4.69, 9.17) is 0 Å². The van der Waals surface area contributed by atoms with Crippen molar-refractivity contribution in [3.8, 4) is 0 Å². The molecule has 0 N–H and O–H groups in total. The van der Waals surface area contributed by atoms with Gasteiger partial charge in [0, 0.05) is 21.1 Å². The van der Waals surface area contributed by atoms with Crippen LogP contribution in [-0.4, -0.2) is 50.0 Å². The summed E-state index contributed by atoms with van der Waals surface area (Å²) in [5.74, 6) is 0. The Morgan fingerprint density at radius 3 is 2.12 bits per heavy atom. The van der Waals surface area contributed by atoms with E-state index < -0.39 is 9.84 Å². The molecule has 1 aliphatic rings. The largest absolute Gasteiger partial charge is 0.263 e. The first-order valence-corrected chi connectivity index (χ1v) is 6.52. The van der Waals surface area contributed by atoms with Crippen LogP contribution in [0.3, 0.4) is 0 Å². The van der Waals surface area contributed by atoms with Crippen LogP contribution in [0, 0.1) is 0 Å².